The lowest BCUT2D eigenvalue weighted by atomic mass is 9.99. The maximum atomic E-state index is 11.2. The van der Waals surface area contributed by atoms with Crippen molar-refractivity contribution in [1.29, 1.82) is 0 Å². The van der Waals surface area contributed by atoms with Gasteiger partial charge in [-0.05, 0) is 25.0 Å². The molecule has 0 radical (unpaired) electrons. The first-order valence-electron chi connectivity index (χ1n) is 6.48. The van der Waals surface area contributed by atoms with Gasteiger partial charge in [0.15, 0.2) is 0 Å². The van der Waals surface area contributed by atoms with Crippen LogP contribution in [0.4, 0.5) is 5.69 Å². The van der Waals surface area contributed by atoms with Crippen molar-refractivity contribution in [2.24, 2.45) is 17.0 Å². The Balaban J connectivity index is 2.77. The molecule has 0 amide bonds. The second-order valence-electron chi connectivity index (χ2n) is 5.35. The Morgan fingerprint density at radius 1 is 1.38 bits per heavy atom. The fraction of sp³-hybridized carbons (Fsp3) is 0.538. The Kier molecular flexibility index (Phi) is 5.68. The average Bonchev–Trinajstić information content (AvgIpc) is 2.32. The minimum Gasteiger partial charge on any atom is -0.493 e. The normalized spacial score (nSPS) is 13.2. The van der Waals surface area contributed by atoms with Crippen molar-refractivity contribution in [3.8, 4) is 5.75 Å². The zero-order valence-corrected chi connectivity index (χ0v) is 13.1. The number of nitro benzene ring substituents is 1. The van der Waals surface area contributed by atoms with Gasteiger partial charge in [0.05, 0.1) is 17.3 Å². The summed E-state index contributed by atoms with van der Waals surface area (Å²) in [5, 5.41) is 15.8. The molecule has 0 saturated heterocycles. The van der Waals surface area contributed by atoms with Crippen LogP contribution in [0.3, 0.4) is 0 Å². The number of nitrogens with zero attached hydrogens (tertiary/aromatic N) is 1. The van der Waals surface area contributed by atoms with Gasteiger partial charge in [0.1, 0.15) is 5.75 Å². The number of hydrogen-bond donors (Lipinski definition) is 1. The summed E-state index contributed by atoms with van der Waals surface area (Å²) in [5.41, 5.74) is 0.511. The van der Waals surface area contributed by atoms with Crippen LogP contribution in [-0.4, -0.2) is 25.7 Å². The van der Waals surface area contributed by atoms with E-state index in [0.717, 1.165) is 0 Å². The summed E-state index contributed by atoms with van der Waals surface area (Å²) < 4.78 is 27.9. The Bertz CT molecular complexity index is 613. The lowest BCUT2D eigenvalue weighted by Gasteiger charge is -2.20. The zero-order chi connectivity index (χ0) is 16.2. The second kappa shape index (κ2) is 6.86. The molecule has 1 aromatic carbocycles. The number of nitro groups is 1. The van der Waals surface area contributed by atoms with E-state index in [1.54, 1.807) is 13.0 Å². The number of benzene rings is 1. The molecule has 0 bridgehead atoms. The van der Waals surface area contributed by atoms with Crippen LogP contribution in [0.2, 0.25) is 0 Å². The molecule has 0 aliphatic heterocycles. The molecule has 0 spiro atoms. The lowest BCUT2D eigenvalue weighted by Crippen LogP contribution is -2.30. The topological polar surface area (TPSA) is 113 Å². The predicted octanol–water partition coefficient (Wildman–Crippen LogP) is 1.84. The van der Waals surface area contributed by atoms with Gasteiger partial charge in [-0.1, -0.05) is 13.8 Å². The summed E-state index contributed by atoms with van der Waals surface area (Å²) in [7, 11) is -3.57. The minimum absolute atomic E-state index is 0.0206. The molecule has 0 aliphatic rings. The maximum Gasteiger partial charge on any atom is 0.272 e. The molecular formula is C13H20N2O5S. The Hall–Kier alpha value is -1.67. The summed E-state index contributed by atoms with van der Waals surface area (Å²) in [5.74, 6) is 0.160. The summed E-state index contributed by atoms with van der Waals surface area (Å²) in [6.07, 6.45) is 0. The number of aryl methyl sites for hydroxylation is 1. The van der Waals surface area contributed by atoms with E-state index in [9.17, 15) is 18.5 Å². The number of primary sulfonamides is 1. The van der Waals surface area contributed by atoms with Crippen molar-refractivity contribution in [3.63, 3.8) is 0 Å². The summed E-state index contributed by atoms with van der Waals surface area (Å²) in [6, 6.07) is 4.43. The van der Waals surface area contributed by atoms with E-state index >= 15 is 0 Å². The van der Waals surface area contributed by atoms with E-state index in [-0.39, 0.29) is 29.9 Å². The van der Waals surface area contributed by atoms with Crippen LogP contribution >= 0.6 is 0 Å². The van der Waals surface area contributed by atoms with Gasteiger partial charge in [0, 0.05) is 17.5 Å². The highest BCUT2D eigenvalue weighted by Crippen LogP contribution is 2.24. The number of hydrogen-bond acceptors (Lipinski definition) is 5. The van der Waals surface area contributed by atoms with Crippen molar-refractivity contribution >= 4 is 15.7 Å². The first-order chi connectivity index (χ1) is 9.60. The van der Waals surface area contributed by atoms with Crippen LogP contribution in [-0.2, 0) is 10.0 Å². The molecule has 0 heterocycles. The van der Waals surface area contributed by atoms with Gasteiger partial charge < -0.3 is 4.74 Å². The third kappa shape index (κ3) is 5.68. The molecule has 1 atom stereocenters. The molecular weight excluding hydrogens is 296 g/mol. The van der Waals surface area contributed by atoms with Crippen molar-refractivity contribution < 1.29 is 18.1 Å². The first kappa shape index (κ1) is 17.4. The molecule has 1 unspecified atom stereocenters. The number of sulfonamides is 1. The molecule has 7 nitrogen and oxygen atoms in total. The SMILES string of the molecule is Cc1cc(OCC(CS(N)(=O)=O)C(C)C)ccc1[N+](=O)[O-]. The van der Waals surface area contributed by atoms with Gasteiger partial charge in [-0.3, -0.25) is 10.1 Å². The predicted molar refractivity (Wildman–Crippen MR) is 79.6 cm³/mol. The monoisotopic (exact) mass is 316 g/mol. The molecule has 0 aromatic heterocycles. The second-order valence-corrected chi connectivity index (χ2v) is 7.01. The van der Waals surface area contributed by atoms with E-state index in [0.29, 0.717) is 11.3 Å². The van der Waals surface area contributed by atoms with E-state index in [4.69, 9.17) is 9.88 Å². The molecule has 1 aromatic rings. The van der Waals surface area contributed by atoms with Crippen LogP contribution < -0.4 is 9.88 Å². The Morgan fingerprint density at radius 3 is 2.43 bits per heavy atom. The van der Waals surface area contributed by atoms with Crippen LogP contribution in [0.15, 0.2) is 18.2 Å². The van der Waals surface area contributed by atoms with Gasteiger partial charge in [-0.25, -0.2) is 13.6 Å². The average molecular weight is 316 g/mol. The van der Waals surface area contributed by atoms with Gasteiger partial charge in [-0.2, -0.15) is 0 Å². The molecule has 0 aliphatic carbocycles. The van der Waals surface area contributed by atoms with E-state index in [1.165, 1.54) is 12.1 Å². The number of nitrogens with two attached hydrogens (primary N) is 1. The van der Waals surface area contributed by atoms with Crippen LogP contribution in [0.1, 0.15) is 19.4 Å². The van der Waals surface area contributed by atoms with E-state index < -0.39 is 14.9 Å². The summed E-state index contributed by atoms with van der Waals surface area (Å²) in [6.45, 7) is 5.58. The molecule has 21 heavy (non-hydrogen) atoms. The van der Waals surface area contributed by atoms with Gasteiger partial charge in [-0.15, -0.1) is 0 Å². The number of rotatable bonds is 7. The Morgan fingerprint density at radius 2 is 2.00 bits per heavy atom. The Labute approximate surface area is 124 Å². The molecule has 1 rings (SSSR count). The standard InChI is InChI=1S/C13H20N2O5S/c1-9(2)11(8-21(14,18)19)7-20-12-4-5-13(15(16)17)10(3)6-12/h4-6,9,11H,7-8H2,1-3H3,(H2,14,18,19). The largest absolute Gasteiger partial charge is 0.493 e. The maximum absolute atomic E-state index is 11.2. The quantitative estimate of drug-likeness (QED) is 0.609. The van der Waals surface area contributed by atoms with Gasteiger partial charge >= 0.3 is 0 Å². The van der Waals surface area contributed by atoms with Crippen LogP contribution in [0, 0.1) is 28.9 Å². The van der Waals surface area contributed by atoms with Gasteiger partial charge in [0.2, 0.25) is 10.0 Å². The van der Waals surface area contributed by atoms with Crippen molar-refractivity contribution in [1.82, 2.24) is 0 Å². The summed E-state index contributed by atoms with van der Waals surface area (Å²) in [4.78, 5) is 10.3. The highest BCUT2D eigenvalue weighted by atomic mass is 32.2. The first-order valence-corrected chi connectivity index (χ1v) is 8.20. The number of ether oxygens (including phenoxy) is 1. The third-order valence-electron chi connectivity index (χ3n) is 3.22. The van der Waals surface area contributed by atoms with Crippen molar-refractivity contribution in [2.75, 3.05) is 12.4 Å². The smallest absolute Gasteiger partial charge is 0.272 e. The molecule has 118 valence electrons. The summed E-state index contributed by atoms with van der Waals surface area (Å²) >= 11 is 0. The van der Waals surface area contributed by atoms with Crippen molar-refractivity contribution in [2.45, 2.75) is 20.8 Å². The fourth-order valence-corrected chi connectivity index (χ4v) is 2.94. The minimum atomic E-state index is -3.57. The highest BCUT2D eigenvalue weighted by Gasteiger charge is 2.20. The van der Waals surface area contributed by atoms with E-state index in [1.807, 2.05) is 13.8 Å². The molecule has 0 fully saturated rings. The third-order valence-corrected chi connectivity index (χ3v) is 4.11. The van der Waals surface area contributed by atoms with Crippen LogP contribution in [0.5, 0.6) is 5.75 Å². The fourth-order valence-electron chi connectivity index (χ4n) is 1.86. The lowest BCUT2D eigenvalue weighted by molar-refractivity contribution is -0.385. The van der Waals surface area contributed by atoms with Gasteiger partial charge in [0.25, 0.3) is 5.69 Å². The van der Waals surface area contributed by atoms with E-state index in [2.05, 4.69) is 0 Å². The molecule has 2 N–H and O–H groups in total. The van der Waals surface area contributed by atoms with Crippen LogP contribution in [0.25, 0.3) is 0 Å². The molecule has 8 heteroatoms. The highest BCUT2D eigenvalue weighted by molar-refractivity contribution is 7.89. The van der Waals surface area contributed by atoms with Crippen molar-refractivity contribution in [3.05, 3.63) is 33.9 Å². The zero-order valence-electron chi connectivity index (χ0n) is 12.3. The molecule has 0 saturated carbocycles.